The van der Waals surface area contributed by atoms with Crippen molar-refractivity contribution in [3.05, 3.63) is 58.5 Å². The van der Waals surface area contributed by atoms with Crippen LogP contribution in [-0.2, 0) is 6.42 Å². The van der Waals surface area contributed by atoms with Crippen LogP contribution >= 0.6 is 11.3 Å². The van der Waals surface area contributed by atoms with Crippen LogP contribution in [0.2, 0.25) is 0 Å². The predicted octanol–water partition coefficient (Wildman–Crippen LogP) is 3.25. The first-order valence-corrected chi connectivity index (χ1v) is 9.73. The summed E-state index contributed by atoms with van der Waals surface area (Å²) in [7, 11) is 0. The highest BCUT2D eigenvalue weighted by Crippen LogP contribution is 2.34. The van der Waals surface area contributed by atoms with Crippen molar-refractivity contribution in [3.63, 3.8) is 0 Å². The Morgan fingerprint density at radius 1 is 1.25 bits per heavy atom. The van der Waals surface area contributed by atoms with Crippen LogP contribution in [0.15, 0.2) is 36.8 Å². The number of thiophene rings is 1. The van der Waals surface area contributed by atoms with Crippen molar-refractivity contribution < 1.29 is 4.79 Å². The van der Waals surface area contributed by atoms with E-state index in [1.54, 1.807) is 6.33 Å². The summed E-state index contributed by atoms with van der Waals surface area (Å²) in [6, 6.07) is 8.03. The minimum Gasteiger partial charge on any atom is -0.368 e. The lowest BCUT2D eigenvalue weighted by molar-refractivity contribution is 0.0958. The molecule has 28 heavy (non-hydrogen) atoms. The average Bonchev–Trinajstić information content (AvgIpc) is 3.30. The van der Waals surface area contributed by atoms with Crippen molar-refractivity contribution in [3.8, 4) is 11.3 Å². The zero-order chi connectivity index (χ0) is 19.7. The Labute approximate surface area is 166 Å². The number of H-pyrrole nitrogens is 1. The minimum absolute atomic E-state index is 0.135. The zero-order valence-electron chi connectivity index (χ0n) is 15.6. The Balaban J connectivity index is 1.64. The summed E-state index contributed by atoms with van der Waals surface area (Å²) in [5, 5.41) is 3.77. The number of benzene rings is 1. The number of fused-ring (bicyclic) bond motifs is 1. The number of imidazole rings is 1. The fourth-order valence-electron chi connectivity index (χ4n) is 3.15. The Morgan fingerprint density at radius 3 is 2.86 bits per heavy atom. The molecule has 0 saturated carbocycles. The number of nitrogen functional groups attached to an aromatic ring is 1. The van der Waals surface area contributed by atoms with Gasteiger partial charge in [-0.1, -0.05) is 23.8 Å². The molecule has 3 aromatic heterocycles. The van der Waals surface area contributed by atoms with E-state index in [0.29, 0.717) is 22.7 Å². The van der Waals surface area contributed by atoms with E-state index in [-0.39, 0.29) is 11.9 Å². The number of nitrogens with two attached hydrogens (primary N) is 1. The molecule has 0 aliphatic carbocycles. The number of anilines is 1. The third kappa shape index (κ3) is 3.59. The number of aryl methyl sites for hydroxylation is 2. The Kier molecular flexibility index (Phi) is 4.79. The van der Waals surface area contributed by atoms with Gasteiger partial charge in [-0.15, -0.1) is 11.3 Å². The number of carbonyl (C=O) groups is 1. The summed E-state index contributed by atoms with van der Waals surface area (Å²) in [5.41, 5.74) is 10.9. The Bertz CT molecular complexity index is 1150. The average molecular weight is 392 g/mol. The van der Waals surface area contributed by atoms with Crippen molar-refractivity contribution in [1.82, 2.24) is 25.3 Å². The molecule has 7 nitrogen and oxygen atoms in total. The van der Waals surface area contributed by atoms with E-state index in [1.165, 1.54) is 16.9 Å². The van der Waals surface area contributed by atoms with Gasteiger partial charge in [0.2, 0.25) is 5.95 Å². The molecule has 1 amide bonds. The molecule has 4 rings (SSSR count). The van der Waals surface area contributed by atoms with Crippen molar-refractivity contribution in [1.29, 1.82) is 0 Å². The highest BCUT2D eigenvalue weighted by molar-refractivity contribution is 7.20. The van der Waals surface area contributed by atoms with Crippen LogP contribution in [0.4, 0.5) is 5.95 Å². The maximum absolute atomic E-state index is 12.6. The van der Waals surface area contributed by atoms with Crippen molar-refractivity contribution >= 4 is 33.4 Å². The molecule has 0 saturated heterocycles. The molecule has 142 valence electrons. The van der Waals surface area contributed by atoms with Crippen LogP contribution in [-0.4, -0.2) is 32.4 Å². The molecule has 0 unspecified atom stereocenters. The molecular weight excluding hydrogens is 372 g/mol. The van der Waals surface area contributed by atoms with Crippen LogP contribution in [0.25, 0.3) is 21.5 Å². The number of carbonyl (C=O) groups excluding carboxylic acids is 1. The van der Waals surface area contributed by atoms with Gasteiger partial charge in [0.1, 0.15) is 4.83 Å². The van der Waals surface area contributed by atoms with Crippen LogP contribution in [0, 0.1) is 13.8 Å². The standard InChI is InChI=1S/C20H20N6OS/c1-11-3-4-14(12(2)7-11)17-15-8-16(28-19(15)26-20(21)25-17)18(27)23-6-5-13-9-22-10-24-13/h3-4,7-10H,5-6H2,1-2H3,(H,22,24)(H,23,27)(H2,21,25,26). The summed E-state index contributed by atoms with van der Waals surface area (Å²) in [6.45, 7) is 4.61. The quantitative estimate of drug-likeness (QED) is 0.483. The molecule has 8 heteroatoms. The minimum atomic E-state index is -0.135. The predicted molar refractivity (Wildman–Crippen MR) is 111 cm³/mol. The number of amides is 1. The second-order valence-electron chi connectivity index (χ2n) is 6.64. The van der Waals surface area contributed by atoms with Gasteiger partial charge < -0.3 is 16.0 Å². The number of aromatic nitrogens is 4. The summed E-state index contributed by atoms with van der Waals surface area (Å²) < 4.78 is 0. The third-order valence-corrected chi connectivity index (χ3v) is 5.52. The van der Waals surface area contributed by atoms with Crippen LogP contribution < -0.4 is 11.1 Å². The molecule has 1 aromatic carbocycles. The van der Waals surface area contributed by atoms with Crippen molar-refractivity contribution in [2.24, 2.45) is 0 Å². The number of hydrogen-bond donors (Lipinski definition) is 3. The molecule has 0 spiro atoms. The van der Waals surface area contributed by atoms with Gasteiger partial charge in [0.15, 0.2) is 0 Å². The molecule has 0 radical (unpaired) electrons. The van der Waals surface area contributed by atoms with Crippen molar-refractivity contribution in [2.45, 2.75) is 20.3 Å². The first kappa shape index (κ1) is 18.1. The summed E-state index contributed by atoms with van der Waals surface area (Å²) in [5.74, 6) is 0.0681. The van der Waals surface area contributed by atoms with E-state index >= 15 is 0 Å². The van der Waals surface area contributed by atoms with Crippen molar-refractivity contribution in [2.75, 3.05) is 12.3 Å². The molecule has 3 heterocycles. The first-order valence-electron chi connectivity index (χ1n) is 8.92. The van der Waals surface area contributed by atoms with E-state index in [0.717, 1.165) is 27.9 Å². The summed E-state index contributed by atoms with van der Waals surface area (Å²) in [6.07, 6.45) is 4.11. The number of nitrogens with zero attached hydrogens (tertiary/aromatic N) is 3. The monoisotopic (exact) mass is 392 g/mol. The van der Waals surface area contributed by atoms with E-state index in [9.17, 15) is 4.79 Å². The molecule has 0 aliphatic rings. The molecule has 0 aliphatic heterocycles. The second kappa shape index (κ2) is 7.40. The fourth-order valence-corrected chi connectivity index (χ4v) is 4.11. The van der Waals surface area contributed by atoms with E-state index < -0.39 is 0 Å². The topological polar surface area (TPSA) is 110 Å². The highest BCUT2D eigenvalue weighted by atomic mass is 32.1. The highest BCUT2D eigenvalue weighted by Gasteiger charge is 2.17. The summed E-state index contributed by atoms with van der Waals surface area (Å²) in [4.78, 5) is 29.7. The van der Waals surface area contributed by atoms with Gasteiger partial charge in [0.25, 0.3) is 5.91 Å². The largest absolute Gasteiger partial charge is 0.368 e. The van der Waals surface area contributed by atoms with Gasteiger partial charge in [-0.2, -0.15) is 0 Å². The third-order valence-electron chi connectivity index (χ3n) is 4.49. The van der Waals surface area contributed by atoms with Gasteiger partial charge in [-0.25, -0.2) is 15.0 Å². The van der Waals surface area contributed by atoms with E-state index in [4.69, 9.17) is 5.73 Å². The van der Waals surface area contributed by atoms with Gasteiger partial charge in [-0.3, -0.25) is 4.79 Å². The molecule has 0 atom stereocenters. The summed E-state index contributed by atoms with van der Waals surface area (Å²) >= 11 is 1.32. The Morgan fingerprint density at radius 2 is 2.11 bits per heavy atom. The lowest BCUT2D eigenvalue weighted by Gasteiger charge is -2.08. The van der Waals surface area contributed by atoms with Gasteiger partial charge in [0.05, 0.1) is 22.6 Å². The number of nitrogens with one attached hydrogen (secondary N) is 2. The van der Waals surface area contributed by atoms with E-state index in [1.807, 2.05) is 31.3 Å². The number of hydrogen-bond acceptors (Lipinski definition) is 6. The smallest absolute Gasteiger partial charge is 0.261 e. The molecule has 4 N–H and O–H groups in total. The van der Waals surface area contributed by atoms with Gasteiger partial charge in [-0.05, 0) is 25.5 Å². The molecular formula is C20H20N6OS. The van der Waals surface area contributed by atoms with Gasteiger partial charge in [0, 0.05) is 30.1 Å². The zero-order valence-corrected chi connectivity index (χ0v) is 16.4. The molecule has 0 bridgehead atoms. The van der Waals surface area contributed by atoms with Crippen LogP contribution in [0.1, 0.15) is 26.5 Å². The first-order chi connectivity index (χ1) is 13.5. The fraction of sp³-hybridized carbons (Fsp3) is 0.200. The van der Waals surface area contributed by atoms with Crippen LogP contribution in [0.5, 0.6) is 0 Å². The lowest BCUT2D eigenvalue weighted by Crippen LogP contribution is -2.24. The lowest BCUT2D eigenvalue weighted by atomic mass is 10.0. The number of rotatable bonds is 5. The van der Waals surface area contributed by atoms with E-state index in [2.05, 4.69) is 38.2 Å². The van der Waals surface area contributed by atoms with Gasteiger partial charge >= 0.3 is 0 Å². The molecule has 0 fully saturated rings. The maximum atomic E-state index is 12.6. The number of aromatic amines is 1. The SMILES string of the molecule is Cc1ccc(-c2nc(N)nc3sc(C(=O)NCCc4c[nH]cn4)cc23)c(C)c1. The second-order valence-corrected chi connectivity index (χ2v) is 7.68. The Hall–Kier alpha value is -3.26. The van der Waals surface area contributed by atoms with Crippen LogP contribution in [0.3, 0.4) is 0 Å². The maximum Gasteiger partial charge on any atom is 0.261 e. The normalized spacial score (nSPS) is 11.1. The molecule has 4 aromatic rings.